The summed E-state index contributed by atoms with van der Waals surface area (Å²) in [6, 6.07) is 149. The third-order valence-corrected chi connectivity index (χ3v) is 27.8. The van der Waals surface area contributed by atoms with Gasteiger partial charge in [0.1, 0.15) is 0 Å². The van der Waals surface area contributed by atoms with Crippen molar-refractivity contribution in [3.8, 4) is 89.3 Å². The first kappa shape index (κ1) is 68.2. The Balaban J connectivity index is 0.000000135. The van der Waals surface area contributed by atoms with E-state index in [1.165, 1.54) is 246 Å². The molecule has 0 fully saturated rings. The van der Waals surface area contributed by atoms with Crippen molar-refractivity contribution < 1.29 is 0 Å². The first-order chi connectivity index (χ1) is 58.5. The Bertz CT molecular complexity index is 8120. The number of hydrogen-bond acceptors (Lipinski definition) is 2. The Morgan fingerprint density at radius 3 is 1.01 bits per heavy atom. The second kappa shape index (κ2) is 27.8. The lowest BCUT2D eigenvalue weighted by Gasteiger charge is -2.23. The molecule has 0 atom stereocenters. The molecule has 1 aliphatic rings. The quantitative estimate of drug-likeness (QED) is 0.128. The van der Waals surface area contributed by atoms with Crippen LogP contribution in [0.2, 0.25) is 0 Å². The maximum absolute atomic E-state index is 2.44. The van der Waals surface area contributed by atoms with E-state index >= 15 is 0 Å². The number of fused-ring (bicyclic) bond motifs is 18. The van der Waals surface area contributed by atoms with Crippen LogP contribution in [0.4, 0.5) is 0 Å². The second-order valence-electron chi connectivity index (χ2n) is 31.8. The normalized spacial score (nSPS) is 12.4. The van der Waals surface area contributed by atoms with Gasteiger partial charge in [-0.15, -0.1) is 22.7 Å². The van der Waals surface area contributed by atoms with E-state index in [1.54, 1.807) is 5.56 Å². The highest BCUT2D eigenvalue weighted by Gasteiger charge is 2.25. The van der Waals surface area contributed by atoms with Crippen molar-refractivity contribution >= 4 is 160 Å². The zero-order chi connectivity index (χ0) is 77.5. The highest BCUT2D eigenvalue weighted by atomic mass is 32.1. The predicted octanol–water partition coefficient (Wildman–Crippen LogP) is 32.6. The molecule has 20 aromatic carbocycles. The lowest BCUT2D eigenvalue weighted by atomic mass is 9.81. The van der Waals surface area contributed by atoms with Crippen LogP contribution in [-0.4, -0.2) is 9.13 Å². The molecule has 0 aliphatic heterocycles. The molecule has 4 heteroatoms. The van der Waals surface area contributed by atoms with Gasteiger partial charge in [-0.25, -0.2) is 0 Å². The Morgan fingerprint density at radius 1 is 0.195 bits per heavy atom. The number of thiophene rings is 2. The van der Waals surface area contributed by atoms with E-state index in [0.29, 0.717) is 0 Å². The van der Waals surface area contributed by atoms with Crippen LogP contribution in [0.15, 0.2) is 400 Å². The summed E-state index contributed by atoms with van der Waals surface area (Å²) in [6.07, 6.45) is 4.89. The van der Waals surface area contributed by atoms with E-state index in [-0.39, 0.29) is 0 Å². The topological polar surface area (TPSA) is 9.86 Å². The lowest BCUT2D eigenvalue weighted by Crippen LogP contribution is -2.04. The molecule has 0 unspecified atom stereocenters. The number of aryl methyl sites for hydroxylation is 1. The molecule has 118 heavy (non-hydrogen) atoms. The maximum Gasteiger partial charge on any atom is 0.0541 e. The summed E-state index contributed by atoms with van der Waals surface area (Å²) in [7, 11) is 0. The van der Waals surface area contributed by atoms with E-state index < -0.39 is 0 Å². The van der Waals surface area contributed by atoms with Gasteiger partial charge >= 0.3 is 0 Å². The zero-order valence-electron chi connectivity index (χ0n) is 64.6. The number of hydrogen-bond donors (Lipinski definition) is 0. The summed E-state index contributed by atoms with van der Waals surface area (Å²) in [6.45, 7) is 0. The Hall–Kier alpha value is -14.3. The van der Waals surface area contributed by atoms with Gasteiger partial charge in [0.05, 0.1) is 22.1 Å². The molecule has 24 aromatic rings. The molecule has 2 nitrogen and oxygen atoms in total. The molecule has 4 aromatic heterocycles. The minimum absolute atomic E-state index is 1.15. The average Bonchev–Trinajstić information content (AvgIpc) is 1.63. The highest BCUT2D eigenvalue weighted by molar-refractivity contribution is 7.26. The molecular weight excluding hydrogens is 1460 g/mol. The minimum Gasteiger partial charge on any atom is -0.309 e. The third-order valence-electron chi connectivity index (χ3n) is 25.4. The number of benzene rings is 20. The average molecular weight is 1540 g/mol. The van der Waals surface area contributed by atoms with E-state index in [1.807, 2.05) is 22.7 Å². The van der Waals surface area contributed by atoms with Crippen LogP contribution in [0.25, 0.3) is 227 Å². The summed E-state index contributed by atoms with van der Waals surface area (Å²) in [5, 5.41) is 23.2. The van der Waals surface area contributed by atoms with Crippen LogP contribution in [-0.2, 0) is 12.8 Å². The molecule has 1 aliphatic carbocycles. The molecule has 25 rings (SSSR count). The molecule has 0 bridgehead atoms. The van der Waals surface area contributed by atoms with Gasteiger partial charge in [0.15, 0.2) is 0 Å². The molecule has 0 N–H and O–H groups in total. The lowest BCUT2D eigenvalue weighted by molar-refractivity contribution is 0.687. The van der Waals surface area contributed by atoms with Gasteiger partial charge in [0.25, 0.3) is 0 Å². The van der Waals surface area contributed by atoms with Gasteiger partial charge in [-0.05, 0) is 247 Å². The fraction of sp³-hybridized carbons (Fsp3) is 0.0351. The van der Waals surface area contributed by atoms with Crippen molar-refractivity contribution in [2.75, 3.05) is 0 Å². The van der Waals surface area contributed by atoms with Gasteiger partial charge in [-0.2, -0.15) is 0 Å². The third kappa shape index (κ3) is 11.0. The summed E-state index contributed by atoms with van der Waals surface area (Å²) in [5.41, 5.74) is 28.1. The van der Waals surface area contributed by atoms with Crippen molar-refractivity contribution in [3.63, 3.8) is 0 Å². The van der Waals surface area contributed by atoms with E-state index in [4.69, 9.17) is 0 Å². The molecule has 0 saturated carbocycles. The monoisotopic (exact) mass is 1530 g/mol. The minimum atomic E-state index is 1.15. The molecular formula is C114H74N2S2. The van der Waals surface area contributed by atoms with E-state index in [9.17, 15) is 0 Å². The van der Waals surface area contributed by atoms with Gasteiger partial charge in [-0.1, -0.05) is 322 Å². The van der Waals surface area contributed by atoms with Gasteiger partial charge in [0, 0.05) is 73.3 Å². The number of nitrogens with zero attached hydrogens (tertiary/aromatic N) is 2. The van der Waals surface area contributed by atoms with Gasteiger partial charge in [-0.3, -0.25) is 0 Å². The van der Waals surface area contributed by atoms with Gasteiger partial charge in [0.2, 0.25) is 0 Å². The van der Waals surface area contributed by atoms with E-state index in [2.05, 4.69) is 410 Å². The summed E-state index contributed by atoms with van der Waals surface area (Å²) < 4.78 is 10.2. The maximum atomic E-state index is 2.44. The molecule has 4 heterocycles. The summed E-state index contributed by atoms with van der Waals surface area (Å²) >= 11 is 3.78. The number of rotatable bonds is 9. The summed E-state index contributed by atoms with van der Waals surface area (Å²) in [5.74, 6) is 0. The molecule has 0 amide bonds. The zero-order valence-corrected chi connectivity index (χ0v) is 66.3. The van der Waals surface area contributed by atoms with Crippen LogP contribution >= 0.6 is 22.7 Å². The first-order valence-electron chi connectivity index (χ1n) is 41.2. The van der Waals surface area contributed by atoms with Crippen LogP contribution in [0.5, 0.6) is 0 Å². The van der Waals surface area contributed by atoms with Crippen molar-refractivity contribution in [1.29, 1.82) is 0 Å². The van der Waals surface area contributed by atoms with Crippen molar-refractivity contribution in [2.24, 2.45) is 0 Å². The molecule has 0 saturated heterocycles. The van der Waals surface area contributed by atoms with Crippen LogP contribution in [0.1, 0.15) is 24.0 Å². The van der Waals surface area contributed by atoms with Crippen LogP contribution in [0.3, 0.4) is 0 Å². The van der Waals surface area contributed by atoms with Gasteiger partial charge < -0.3 is 9.13 Å². The number of para-hydroxylation sites is 2. The fourth-order valence-corrected chi connectivity index (χ4v) is 22.5. The SMILES string of the molecule is c1cc2c(c(-c3c4ccccc4c(-c4ccc(-n5c6ccccc6c6cc(-c7cccc8c7sc7ccccc78)ccc65)cc4)c4ccccc34)c1)CCCC2.c1ccc2cc(-c3ccc(-c4c5ccccc5c(-c5ccc(-n6c7ccccc7c7cc(-c8cccc9c8sc8ccccc89)ccc76)cc5)c5ccccc45)cc3)ccc2c1. The largest absolute Gasteiger partial charge is 0.309 e. The standard InChI is InChI=1S/C60H37NS.C54H37NS/c1-2-13-42-36-43(29-26-38(42)12-1)39-24-27-40(28-25-39)58-49-16-3-5-18-51(49)59(52-19-6-4-17-50(52)58)41-30-33-45(34-31-41)61-55-22-9-7-14-47(55)54-37-44(32-35-56(54)61)46-20-11-21-53-48-15-8-10-23-57(48)62-60(46)53;1-2-15-38-34(13-1)14-11-23-42(38)53-45-20-5-3-18-43(45)52(44-19-4-6-21-46(44)53)35-27-30-37(31-28-35)55-49-25-9-7-16-40(49)48-33-36(29-32-50(48)55)39-22-12-24-47-41-17-8-10-26-51(41)56-54(39)47/h1-37H;3-12,14,16-33H,1-2,13,15H2. The smallest absolute Gasteiger partial charge is 0.0541 e. The number of aromatic nitrogens is 2. The van der Waals surface area contributed by atoms with Crippen molar-refractivity contribution in [2.45, 2.75) is 25.7 Å². The Kier molecular flexibility index (Phi) is 16.0. The van der Waals surface area contributed by atoms with E-state index in [0.717, 1.165) is 12.1 Å². The Labute approximate surface area is 690 Å². The molecule has 552 valence electrons. The van der Waals surface area contributed by atoms with Crippen molar-refractivity contribution in [1.82, 2.24) is 9.13 Å². The fourth-order valence-electron chi connectivity index (χ4n) is 20.0. The predicted molar refractivity (Wildman–Crippen MR) is 510 cm³/mol. The Morgan fingerprint density at radius 2 is 0.534 bits per heavy atom. The first-order valence-corrected chi connectivity index (χ1v) is 42.9. The van der Waals surface area contributed by atoms with Crippen molar-refractivity contribution in [3.05, 3.63) is 412 Å². The molecule has 0 radical (unpaired) electrons. The molecule has 0 spiro atoms. The van der Waals surface area contributed by atoms with Crippen LogP contribution in [0, 0.1) is 0 Å². The highest BCUT2D eigenvalue weighted by Crippen LogP contribution is 2.50. The second-order valence-corrected chi connectivity index (χ2v) is 33.9. The van der Waals surface area contributed by atoms with Crippen LogP contribution < -0.4 is 0 Å². The summed E-state index contributed by atoms with van der Waals surface area (Å²) in [4.78, 5) is 0.